The molecular weight excluding hydrogens is 208 g/mol. The lowest BCUT2D eigenvalue weighted by Gasteiger charge is -2.23. The van der Waals surface area contributed by atoms with Crippen molar-refractivity contribution in [2.45, 2.75) is 12.7 Å². The van der Waals surface area contributed by atoms with E-state index in [4.69, 9.17) is 9.47 Å². The van der Waals surface area contributed by atoms with Crippen LogP contribution >= 0.6 is 0 Å². The first kappa shape index (κ1) is 10.5. The molecule has 0 bridgehead atoms. The molecule has 4 heteroatoms. The number of hydrogen-bond acceptors (Lipinski definition) is 4. The maximum Gasteiger partial charge on any atom is 0.337 e. The van der Waals surface area contributed by atoms with E-state index in [-0.39, 0.29) is 5.97 Å². The smallest absolute Gasteiger partial charge is 0.337 e. The first-order valence-electron chi connectivity index (χ1n) is 4.85. The Morgan fingerprint density at radius 2 is 1.75 bits per heavy atom. The summed E-state index contributed by atoms with van der Waals surface area (Å²) in [5, 5.41) is 0. The Labute approximate surface area is 93.4 Å². The Morgan fingerprint density at radius 1 is 1.19 bits per heavy atom. The fourth-order valence-electron chi connectivity index (χ4n) is 1.51. The second-order valence-electron chi connectivity index (χ2n) is 3.52. The maximum absolute atomic E-state index is 11.2. The van der Waals surface area contributed by atoms with Crippen molar-refractivity contribution in [3.05, 3.63) is 47.9 Å². The number of esters is 1. The second-order valence-corrected chi connectivity index (χ2v) is 3.52. The van der Waals surface area contributed by atoms with E-state index in [1.807, 2.05) is 0 Å². The van der Waals surface area contributed by atoms with Gasteiger partial charge in [0.2, 0.25) is 0 Å². The molecule has 0 N–H and O–H groups in total. The highest BCUT2D eigenvalue weighted by Crippen LogP contribution is 2.31. The first-order valence-corrected chi connectivity index (χ1v) is 4.85. The lowest BCUT2D eigenvalue weighted by molar-refractivity contribution is -0.133. The number of hydrogen-bond donors (Lipinski definition) is 0. The van der Waals surface area contributed by atoms with Crippen molar-refractivity contribution >= 4 is 5.97 Å². The molecule has 1 aromatic carbocycles. The molecule has 0 unspecified atom stereocenters. The molecule has 0 saturated heterocycles. The molecule has 0 amide bonds. The molecule has 0 aromatic heterocycles. The van der Waals surface area contributed by atoms with E-state index in [0.717, 1.165) is 5.56 Å². The van der Waals surface area contributed by atoms with Crippen molar-refractivity contribution < 1.29 is 19.0 Å². The summed E-state index contributed by atoms with van der Waals surface area (Å²) in [4.78, 5) is 11.2. The third-order valence-corrected chi connectivity index (χ3v) is 2.47. The number of carbonyl (C=O) groups excluding carboxylic acids is 1. The summed E-state index contributed by atoms with van der Waals surface area (Å²) in [5.41, 5.74) is 1.34. The Morgan fingerprint density at radius 3 is 2.25 bits per heavy atom. The van der Waals surface area contributed by atoms with Gasteiger partial charge >= 0.3 is 5.97 Å². The lowest BCUT2D eigenvalue weighted by Crippen LogP contribution is -2.22. The summed E-state index contributed by atoms with van der Waals surface area (Å²) in [6.45, 7) is 1.81. The molecular formula is C12H12O4. The summed E-state index contributed by atoms with van der Waals surface area (Å²) < 4.78 is 15.3. The van der Waals surface area contributed by atoms with Crippen LogP contribution in [0.4, 0.5) is 0 Å². The predicted octanol–water partition coefficient (Wildman–Crippen LogP) is 2.16. The molecule has 0 fully saturated rings. The Balaban J connectivity index is 2.22. The van der Waals surface area contributed by atoms with E-state index >= 15 is 0 Å². The number of methoxy groups -OCH3 is 1. The average Bonchev–Trinajstić information content (AvgIpc) is 2.77. The molecule has 1 aliphatic heterocycles. The van der Waals surface area contributed by atoms with Gasteiger partial charge in [-0.1, -0.05) is 12.1 Å². The van der Waals surface area contributed by atoms with E-state index < -0.39 is 5.79 Å². The molecule has 0 atom stereocenters. The number of rotatable bonds is 2. The standard InChI is InChI=1S/C12H12O4/c1-12(15-7-8-16-12)10-5-3-9(4-6-10)11(13)14-2/h3-8H,1-2H3. The minimum Gasteiger partial charge on any atom is -0.465 e. The van der Waals surface area contributed by atoms with Crippen LogP contribution in [-0.4, -0.2) is 13.1 Å². The van der Waals surface area contributed by atoms with Gasteiger partial charge in [0.25, 0.3) is 5.79 Å². The summed E-state index contributed by atoms with van der Waals surface area (Å²) in [5.74, 6) is -1.16. The van der Waals surface area contributed by atoms with Gasteiger partial charge in [-0.05, 0) is 12.1 Å². The van der Waals surface area contributed by atoms with Crippen molar-refractivity contribution in [3.8, 4) is 0 Å². The van der Waals surface area contributed by atoms with Crippen molar-refractivity contribution in [2.24, 2.45) is 0 Å². The van der Waals surface area contributed by atoms with E-state index in [9.17, 15) is 4.79 Å². The zero-order chi connectivity index (χ0) is 11.6. The van der Waals surface area contributed by atoms with Gasteiger partial charge in [0.05, 0.1) is 12.7 Å². The van der Waals surface area contributed by atoms with E-state index in [1.165, 1.54) is 19.6 Å². The number of carbonyl (C=O) groups is 1. The Bertz CT molecular complexity index is 411. The van der Waals surface area contributed by atoms with E-state index in [0.29, 0.717) is 5.56 Å². The topological polar surface area (TPSA) is 44.8 Å². The van der Waals surface area contributed by atoms with E-state index in [1.54, 1.807) is 31.2 Å². The highest BCUT2D eigenvalue weighted by molar-refractivity contribution is 5.89. The van der Waals surface area contributed by atoms with Gasteiger partial charge in [0.1, 0.15) is 12.5 Å². The molecule has 16 heavy (non-hydrogen) atoms. The molecule has 2 rings (SSSR count). The Hall–Kier alpha value is -1.97. The van der Waals surface area contributed by atoms with Gasteiger partial charge in [-0.2, -0.15) is 0 Å². The van der Waals surface area contributed by atoms with Crippen molar-refractivity contribution in [3.63, 3.8) is 0 Å². The van der Waals surface area contributed by atoms with Crippen LogP contribution in [0, 0.1) is 0 Å². The zero-order valence-electron chi connectivity index (χ0n) is 9.10. The molecule has 0 radical (unpaired) electrons. The third-order valence-electron chi connectivity index (χ3n) is 2.47. The van der Waals surface area contributed by atoms with E-state index in [2.05, 4.69) is 4.74 Å². The van der Waals surface area contributed by atoms with Crippen LogP contribution in [0.2, 0.25) is 0 Å². The molecule has 84 valence electrons. The predicted molar refractivity (Wildman–Crippen MR) is 56.4 cm³/mol. The van der Waals surface area contributed by atoms with Gasteiger partial charge in [0, 0.05) is 12.5 Å². The normalized spacial score (nSPS) is 16.4. The second kappa shape index (κ2) is 3.89. The third kappa shape index (κ3) is 1.74. The number of benzene rings is 1. The van der Waals surface area contributed by atoms with Gasteiger partial charge in [-0.15, -0.1) is 0 Å². The highest BCUT2D eigenvalue weighted by Gasteiger charge is 2.31. The largest absolute Gasteiger partial charge is 0.465 e. The molecule has 4 nitrogen and oxygen atoms in total. The average molecular weight is 220 g/mol. The molecule has 0 spiro atoms. The minimum atomic E-state index is -0.797. The lowest BCUT2D eigenvalue weighted by atomic mass is 10.1. The van der Waals surface area contributed by atoms with Crippen LogP contribution in [-0.2, 0) is 20.0 Å². The maximum atomic E-state index is 11.2. The van der Waals surface area contributed by atoms with Crippen LogP contribution < -0.4 is 0 Å². The fraction of sp³-hybridized carbons (Fsp3) is 0.250. The summed E-state index contributed by atoms with van der Waals surface area (Å²) in [6.07, 6.45) is 2.99. The van der Waals surface area contributed by atoms with Crippen molar-refractivity contribution in [1.82, 2.24) is 0 Å². The fourth-order valence-corrected chi connectivity index (χ4v) is 1.51. The Kier molecular flexibility index (Phi) is 2.56. The van der Waals surface area contributed by atoms with Gasteiger partial charge in [-0.25, -0.2) is 4.79 Å². The highest BCUT2D eigenvalue weighted by atomic mass is 16.7. The van der Waals surface area contributed by atoms with Gasteiger partial charge in [0.15, 0.2) is 0 Å². The number of ether oxygens (including phenoxy) is 3. The van der Waals surface area contributed by atoms with Crippen molar-refractivity contribution in [1.29, 1.82) is 0 Å². The van der Waals surface area contributed by atoms with Gasteiger partial charge in [-0.3, -0.25) is 0 Å². The zero-order valence-corrected chi connectivity index (χ0v) is 9.10. The monoisotopic (exact) mass is 220 g/mol. The van der Waals surface area contributed by atoms with Crippen LogP contribution in [0.3, 0.4) is 0 Å². The molecule has 0 aliphatic carbocycles. The van der Waals surface area contributed by atoms with Crippen molar-refractivity contribution in [2.75, 3.05) is 7.11 Å². The molecule has 1 heterocycles. The summed E-state index contributed by atoms with van der Waals surface area (Å²) in [6, 6.07) is 6.91. The molecule has 0 saturated carbocycles. The van der Waals surface area contributed by atoms with Crippen LogP contribution in [0.15, 0.2) is 36.8 Å². The van der Waals surface area contributed by atoms with Crippen LogP contribution in [0.25, 0.3) is 0 Å². The van der Waals surface area contributed by atoms with Gasteiger partial charge < -0.3 is 14.2 Å². The van der Waals surface area contributed by atoms with Crippen LogP contribution in [0.5, 0.6) is 0 Å². The molecule has 1 aliphatic rings. The molecule has 1 aromatic rings. The first-order chi connectivity index (χ1) is 7.65. The van der Waals surface area contributed by atoms with Crippen LogP contribution in [0.1, 0.15) is 22.8 Å². The quantitative estimate of drug-likeness (QED) is 0.716. The minimum absolute atomic E-state index is 0.358. The summed E-state index contributed by atoms with van der Waals surface area (Å²) in [7, 11) is 1.35. The SMILES string of the molecule is COC(=O)c1ccc(C2(C)OC=CO2)cc1. The summed E-state index contributed by atoms with van der Waals surface area (Å²) >= 11 is 0.